The van der Waals surface area contributed by atoms with Crippen molar-refractivity contribution in [1.82, 2.24) is 0 Å². The van der Waals surface area contributed by atoms with Crippen LogP contribution in [0.2, 0.25) is 0 Å². The Labute approximate surface area is 97.3 Å². The van der Waals surface area contributed by atoms with Gasteiger partial charge in [0.2, 0.25) is 0 Å². The Bertz CT molecular complexity index is 458. The third kappa shape index (κ3) is 2.83. The quantitative estimate of drug-likeness (QED) is 0.363. The molecular formula is C10H12N2O5. The fraction of sp³-hybridized carbons (Fsp3) is 0.300. The minimum atomic E-state index is -0.614. The first-order valence-electron chi connectivity index (χ1n) is 4.67. The second-order valence-corrected chi connectivity index (χ2v) is 3.23. The van der Waals surface area contributed by atoms with Gasteiger partial charge < -0.3 is 15.2 Å². The summed E-state index contributed by atoms with van der Waals surface area (Å²) < 4.78 is 9.44. The first-order valence-corrected chi connectivity index (χ1v) is 4.67. The maximum absolute atomic E-state index is 11.2. The maximum Gasteiger partial charge on any atom is 0.310 e. The van der Waals surface area contributed by atoms with Crippen molar-refractivity contribution in [3.05, 3.63) is 27.8 Å². The van der Waals surface area contributed by atoms with E-state index in [2.05, 4.69) is 4.74 Å². The van der Waals surface area contributed by atoms with Crippen molar-refractivity contribution in [2.75, 3.05) is 20.0 Å². The predicted molar refractivity (Wildman–Crippen MR) is 59.8 cm³/mol. The first kappa shape index (κ1) is 12.8. The largest absolute Gasteiger partial charge is 0.496 e. The second-order valence-electron chi connectivity index (χ2n) is 3.23. The normalized spacial score (nSPS) is 9.76. The number of ether oxygens (including phenoxy) is 2. The molecule has 0 radical (unpaired) electrons. The van der Waals surface area contributed by atoms with E-state index in [0.717, 1.165) is 0 Å². The Morgan fingerprint density at radius 2 is 2.12 bits per heavy atom. The van der Waals surface area contributed by atoms with Gasteiger partial charge in [-0.2, -0.15) is 0 Å². The number of benzene rings is 1. The van der Waals surface area contributed by atoms with Crippen LogP contribution in [-0.2, 0) is 16.0 Å². The summed E-state index contributed by atoms with van der Waals surface area (Å²) in [5, 5.41) is 10.9. The van der Waals surface area contributed by atoms with Gasteiger partial charge in [0.05, 0.1) is 31.1 Å². The molecule has 0 aliphatic heterocycles. The van der Waals surface area contributed by atoms with Gasteiger partial charge in [-0.3, -0.25) is 14.9 Å². The van der Waals surface area contributed by atoms with Crippen LogP contribution in [0.1, 0.15) is 5.56 Å². The molecular weight excluding hydrogens is 228 g/mol. The molecule has 0 spiro atoms. The molecule has 2 N–H and O–H groups in total. The Kier molecular flexibility index (Phi) is 3.86. The first-order chi connectivity index (χ1) is 7.99. The molecule has 1 aromatic carbocycles. The summed E-state index contributed by atoms with van der Waals surface area (Å²) in [6.07, 6.45) is -0.240. The molecule has 7 heteroatoms. The number of esters is 1. The molecule has 17 heavy (non-hydrogen) atoms. The van der Waals surface area contributed by atoms with Crippen LogP contribution >= 0.6 is 0 Å². The third-order valence-electron chi connectivity index (χ3n) is 2.17. The van der Waals surface area contributed by atoms with E-state index in [4.69, 9.17) is 10.5 Å². The number of nitro benzene ring substituents is 1. The zero-order chi connectivity index (χ0) is 13.0. The highest BCUT2D eigenvalue weighted by Gasteiger charge is 2.22. The van der Waals surface area contributed by atoms with E-state index < -0.39 is 10.9 Å². The molecule has 0 bridgehead atoms. The Morgan fingerprint density at radius 1 is 1.47 bits per heavy atom. The number of nitrogens with two attached hydrogens (primary N) is 1. The van der Waals surface area contributed by atoms with Crippen molar-refractivity contribution in [2.45, 2.75) is 6.42 Å². The number of nitrogens with zero attached hydrogens (tertiary/aromatic N) is 1. The van der Waals surface area contributed by atoms with Gasteiger partial charge in [0.15, 0.2) is 0 Å². The van der Waals surface area contributed by atoms with E-state index in [0.29, 0.717) is 0 Å². The summed E-state index contributed by atoms with van der Waals surface area (Å²) in [6, 6.07) is 2.60. The Morgan fingerprint density at radius 3 is 2.59 bits per heavy atom. The van der Waals surface area contributed by atoms with E-state index in [1.54, 1.807) is 0 Å². The molecule has 0 saturated heterocycles. The molecule has 1 rings (SSSR count). The molecule has 0 aliphatic rings. The molecule has 1 aromatic rings. The topological polar surface area (TPSA) is 105 Å². The van der Waals surface area contributed by atoms with Gasteiger partial charge >= 0.3 is 5.97 Å². The SMILES string of the molecule is COC(=O)Cc1c(OC)cc(N)cc1[N+](=O)[O-]. The van der Waals surface area contributed by atoms with Crippen LogP contribution in [0.25, 0.3) is 0 Å². The predicted octanol–water partition coefficient (Wildman–Crippen LogP) is 0.901. The molecule has 0 saturated carbocycles. The van der Waals surface area contributed by atoms with Crippen molar-refractivity contribution < 1.29 is 19.2 Å². The van der Waals surface area contributed by atoms with Gasteiger partial charge in [-0.25, -0.2) is 0 Å². The molecule has 92 valence electrons. The molecule has 0 unspecified atom stereocenters. The fourth-order valence-corrected chi connectivity index (χ4v) is 1.39. The number of nitro groups is 1. The maximum atomic E-state index is 11.2. The molecule has 0 amide bonds. The van der Waals surface area contributed by atoms with Gasteiger partial charge in [0, 0.05) is 17.8 Å². The van der Waals surface area contributed by atoms with Crippen molar-refractivity contribution in [3.63, 3.8) is 0 Å². The summed E-state index contributed by atoms with van der Waals surface area (Å²) in [5.74, 6) is -0.390. The lowest BCUT2D eigenvalue weighted by molar-refractivity contribution is -0.385. The third-order valence-corrected chi connectivity index (χ3v) is 2.17. The number of hydrogen-bond acceptors (Lipinski definition) is 6. The van der Waals surface area contributed by atoms with Crippen molar-refractivity contribution in [2.24, 2.45) is 0 Å². The number of hydrogen-bond donors (Lipinski definition) is 1. The minimum absolute atomic E-state index is 0.151. The lowest BCUT2D eigenvalue weighted by atomic mass is 10.1. The summed E-state index contributed by atoms with van der Waals surface area (Å²) in [5.41, 5.74) is 5.60. The van der Waals surface area contributed by atoms with E-state index in [9.17, 15) is 14.9 Å². The standard InChI is InChI=1S/C10H12N2O5/c1-16-9-4-6(11)3-8(12(14)15)7(9)5-10(13)17-2/h3-4H,5,11H2,1-2H3. The van der Waals surface area contributed by atoms with E-state index in [1.807, 2.05) is 0 Å². The van der Waals surface area contributed by atoms with Crippen molar-refractivity contribution in [1.29, 1.82) is 0 Å². The highest BCUT2D eigenvalue weighted by Crippen LogP contribution is 2.32. The van der Waals surface area contributed by atoms with Crippen LogP contribution < -0.4 is 10.5 Å². The van der Waals surface area contributed by atoms with Crippen molar-refractivity contribution in [3.8, 4) is 5.75 Å². The van der Waals surface area contributed by atoms with Crippen LogP contribution in [-0.4, -0.2) is 25.1 Å². The van der Waals surface area contributed by atoms with Gasteiger partial charge in [-0.15, -0.1) is 0 Å². The molecule has 0 aromatic heterocycles. The molecule has 0 aliphatic carbocycles. The van der Waals surface area contributed by atoms with Crippen molar-refractivity contribution >= 4 is 17.3 Å². The van der Waals surface area contributed by atoms with Gasteiger partial charge in [-0.05, 0) is 0 Å². The number of carbonyl (C=O) groups excluding carboxylic acids is 1. The summed E-state index contributed by atoms with van der Waals surface area (Å²) in [4.78, 5) is 21.4. The van der Waals surface area contributed by atoms with Gasteiger partial charge in [0.1, 0.15) is 5.75 Å². The van der Waals surface area contributed by atoms with Crippen LogP contribution in [0, 0.1) is 10.1 Å². The molecule has 0 heterocycles. The summed E-state index contributed by atoms with van der Waals surface area (Å²) in [6.45, 7) is 0. The van der Waals surface area contributed by atoms with Crippen LogP contribution in [0.4, 0.5) is 11.4 Å². The van der Waals surface area contributed by atoms with Gasteiger partial charge in [0.25, 0.3) is 5.69 Å². The zero-order valence-corrected chi connectivity index (χ0v) is 9.43. The average molecular weight is 240 g/mol. The van der Waals surface area contributed by atoms with E-state index in [1.165, 1.54) is 26.4 Å². The lowest BCUT2D eigenvalue weighted by Crippen LogP contribution is -2.09. The van der Waals surface area contributed by atoms with Crippen LogP contribution in [0.5, 0.6) is 5.75 Å². The average Bonchev–Trinajstić information content (AvgIpc) is 2.30. The number of carbonyl (C=O) groups is 1. The lowest BCUT2D eigenvalue weighted by Gasteiger charge is -2.09. The van der Waals surface area contributed by atoms with Crippen LogP contribution in [0.3, 0.4) is 0 Å². The fourth-order valence-electron chi connectivity index (χ4n) is 1.39. The Hall–Kier alpha value is -2.31. The number of rotatable bonds is 4. The van der Waals surface area contributed by atoms with Gasteiger partial charge in [-0.1, -0.05) is 0 Å². The monoisotopic (exact) mass is 240 g/mol. The zero-order valence-electron chi connectivity index (χ0n) is 9.43. The second kappa shape index (κ2) is 5.15. The number of nitrogen functional groups attached to an aromatic ring is 1. The Balaban J connectivity index is 3.31. The summed E-state index contributed by atoms with van der Waals surface area (Å²) in [7, 11) is 2.55. The molecule has 0 atom stereocenters. The molecule has 0 fully saturated rings. The number of anilines is 1. The highest BCUT2D eigenvalue weighted by atomic mass is 16.6. The minimum Gasteiger partial charge on any atom is -0.496 e. The van der Waals surface area contributed by atoms with E-state index >= 15 is 0 Å². The number of methoxy groups -OCH3 is 2. The summed E-state index contributed by atoms with van der Waals surface area (Å²) >= 11 is 0. The van der Waals surface area contributed by atoms with Crippen LogP contribution in [0.15, 0.2) is 12.1 Å². The smallest absolute Gasteiger partial charge is 0.310 e. The van der Waals surface area contributed by atoms with E-state index in [-0.39, 0.29) is 29.1 Å². The highest BCUT2D eigenvalue weighted by molar-refractivity contribution is 5.76. The molecule has 7 nitrogen and oxygen atoms in total.